The van der Waals surface area contributed by atoms with Crippen LogP contribution in [0.1, 0.15) is 6.92 Å². The molecule has 0 aromatic heterocycles. The number of rotatable bonds is 4. The van der Waals surface area contributed by atoms with Crippen molar-refractivity contribution in [2.45, 2.75) is 6.92 Å². The molecule has 1 aromatic rings. The van der Waals surface area contributed by atoms with E-state index >= 15 is 0 Å². The predicted molar refractivity (Wildman–Crippen MR) is 50.4 cm³/mol. The third kappa shape index (κ3) is 3.57. The van der Waals surface area contributed by atoms with E-state index in [9.17, 15) is 8.76 Å². The van der Waals surface area contributed by atoms with Crippen molar-refractivity contribution < 1.29 is 13.3 Å². The highest BCUT2D eigenvalue weighted by Gasteiger charge is 2.20. The summed E-state index contributed by atoms with van der Waals surface area (Å²) in [6.07, 6.45) is 0. The van der Waals surface area contributed by atoms with E-state index in [4.69, 9.17) is 0 Å². The van der Waals surface area contributed by atoms with Crippen molar-refractivity contribution >= 4 is 13.5 Å². The van der Waals surface area contributed by atoms with E-state index in [-0.39, 0.29) is 6.61 Å². The van der Waals surface area contributed by atoms with Crippen molar-refractivity contribution in [1.82, 2.24) is 0 Å². The summed E-state index contributed by atoms with van der Waals surface area (Å²) in [5, 5.41) is 2.19. The van der Waals surface area contributed by atoms with Crippen molar-refractivity contribution in [2.75, 3.05) is 11.7 Å². The Balaban J connectivity index is 2.64. The topological polar surface area (TPSA) is 38.3 Å². The van der Waals surface area contributed by atoms with Crippen LogP contribution in [-0.2, 0) is 9.09 Å². The summed E-state index contributed by atoms with van der Waals surface area (Å²) in [4.78, 5) is 0. The number of halogens is 1. The summed E-state index contributed by atoms with van der Waals surface area (Å²) in [6, 6.07) is 8.45. The van der Waals surface area contributed by atoms with Gasteiger partial charge in [-0.2, -0.15) is 0 Å². The molecule has 0 amide bonds. The first-order chi connectivity index (χ1) is 6.14. The Labute approximate surface area is 76.5 Å². The monoisotopic (exact) mass is 203 g/mol. The maximum atomic E-state index is 13.0. The summed E-state index contributed by atoms with van der Waals surface area (Å²) in [5.74, 6) is 0. The van der Waals surface area contributed by atoms with E-state index < -0.39 is 7.83 Å². The lowest BCUT2D eigenvalue weighted by Gasteiger charge is -2.10. The van der Waals surface area contributed by atoms with E-state index in [2.05, 4.69) is 9.61 Å². The number of anilines is 1. The minimum absolute atomic E-state index is 0.0770. The molecule has 0 heterocycles. The van der Waals surface area contributed by atoms with Gasteiger partial charge in [0.1, 0.15) is 0 Å². The molecule has 0 bridgehead atoms. The normalized spacial score (nSPS) is 14.9. The first kappa shape index (κ1) is 10.2. The van der Waals surface area contributed by atoms with E-state index in [1.807, 2.05) is 0 Å². The number of para-hydroxylation sites is 1. The first-order valence-electron chi connectivity index (χ1n) is 3.91. The van der Waals surface area contributed by atoms with Gasteiger partial charge in [-0.15, -0.1) is 4.20 Å². The zero-order valence-corrected chi connectivity index (χ0v) is 8.13. The maximum Gasteiger partial charge on any atom is 0.470 e. The van der Waals surface area contributed by atoms with Crippen molar-refractivity contribution in [2.24, 2.45) is 0 Å². The van der Waals surface area contributed by atoms with E-state index in [0.717, 1.165) is 0 Å². The molecule has 5 heteroatoms. The van der Waals surface area contributed by atoms with Gasteiger partial charge in [0.05, 0.1) is 6.61 Å². The van der Waals surface area contributed by atoms with E-state index in [1.54, 1.807) is 37.3 Å². The second kappa shape index (κ2) is 4.40. The summed E-state index contributed by atoms with van der Waals surface area (Å²) in [6.45, 7) is 1.66. The summed E-state index contributed by atoms with van der Waals surface area (Å²) in [5.41, 5.74) is 0.446. The fraction of sp³-hybridized carbons (Fsp3) is 0.250. The fourth-order valence-corrected chi connectivity index (χ4v) is 1.72. The van der Waals surface area contributed by atoms with Crippen LogP contribution in [0.15, 0.2) is 30.3 Å². The Hall–Kier alpha value is -0.860. The molecule has 0 radical (unpaired) electrons. The van der Waals surface area contributed by atoms with Crippen LogP contribution in [-0.4, -0.2) is 6.61 Å². The number of nitrogens with one attached hydrogen (secondary N) is 1. The molecular weight excluding hydrogens is 192 g/mol. The molecule has 13 heavy (non-hydrogen) atoms. The summed E-state index contributed by atoms with van der Waals surface area (Å²) in [7, 11) is -4.16. The van der Waals surface area contributed by atoms with Gasteiger partial charge in [0, 0.05) is 5.69 Å². The Kier molecular flexibility index (Phi) is 3.46. The molecule has 1 unspecified atom stereocenters. The van der Waals surface area contributed by atoms with Gasteiger partial charge >= 0.3 is 7.83 Å². The second-order valence-corrected chi connectivity index (χ2v) is 3.82. The third-order valence-electron chi connectivity index (χ3n) is 1.33. The van der Waals surface area contributed by atoms with Gasteiger partial charge < -0.3 is 0 Å². The number of hydrogen-bond acceptors (Lipinski definition) is 2. The van der Waals surface area contributed by atoms with Crippen LogP contribution in [0.25, 0.3) is 0 Å². The van der Waals surface area contributed by atoms with Crippen molar-refractivity contribution in [1.29, 1.82) is 0 Å². The van der Waals surface area contributed by atoms with Crippen LogP contribution >= 0.6 is 7.83 Å². The highest BCUT2D eigenvalue weighted by atomic mass is 31.2. The van der Waals surface area contributed by atoms with Crippen molar-refractivity contribution in [3.05, 3.63) is 30.3 Å². The lowest BCUT2D eigenvalue weighted by Crippen LogP contribution is -1.96. The molecule has 1 atom stereocenters. The third-order valence-corrected chi connectivity index (χ3v) is 2.45. The van der Waals surface area contributed by atoms with Crippen LogP contribution in [0, 0.1) is 0 Å². The second-order valence-electron chi connectivity index (χ2n) is 2.38. The molecule has 1 rings (SSSR count). The average Bonchev–Trinajstić information content (AvgIpc) is 2.04. The molecule has 3 nitrogen and oxygen atoms in total. The van der Waals surface area contributed by atoms with Crippen LogP contribution in [0.5, 0.6) is 0 Å². The molecule has 0 aliphatic rings. The quantitative estimate of drug-likeness (QED) is 0.763. The van der Waals surface area contributed by atoms with Gasteiger partial charge in [-0.25, -0.2) is 4.57 Å². The number of hydrogen-bond donors (Lipinski definition) is 1. The maximum absolute atomic E-state index is 13.0. The minimum atomic E-state index is -4.16. The minimum Gasteiger partial charge on any atom is -0.289 e. The molecule has 1 aromatic carbocycles. The molecule has 0 aliphatic heterocycles. The summed E-state index contributed by atoms with van der Waals surface area (Å²) < 4.78 is 28.4. The van der Waals surface area contributed by atoms with Gasteiger partial charge in [-0.3, -0.25) is 9.61 Å². The van der Waals surface area contributed by atoms with E-state index in [1.165, 1.54) is 0 Å². The Morgan fingerprint density at radius 3 is 2.62 bits per heavy atom. The van der Waals surface area contributed by atoms with Crippen LogP contribution in [0.3, 0.4) is 0 Å². The largest absolute Gasteiger partial charge is 0.470 e. The van der Waals surface area contributed by atoms with Gasteiger partial charge in [-0.05, 0) is 19.1 Å². The van der Waals surface area contributed by atoms with Gasteiger partial charge in [0.25, 0.3) is 0 Å². The molecule has 0 saturated heterocycles. The molecule has 0 fully saturated rings. The van der Waals surface area contributed by atoms with Crippen LogP contribution in [0.2, 0.25) is 0 Å². The summed E-state index contributed by atoms with van der Waals surface area (Å²) >= 11 is 0. The van der Waals surface area contributed by atoms with Gasteiger partial charge in [-0.1, -0.05) is 18.2 Å². The van der Waals surface area contributed by atoms with E-state index in [0.29, 0.717) is 5.69 Å². The standard InChI is InChI=1S/C8H11FNO2P/c1-2-12-13(9,11)10-8-6-4-3-5-7-8/h3-7H,2H2,1H3,(H,10,11). The first-order valence-corrected chi connectivity index (χ1v) is 5.43. The Morgan fingerprint density at radius 2 is 2.08 bits per heavy atom. The smallest absolute Gasteiger partial charge is 0.289 e. The molecule has 1 N–H and O–H groups in total. The lowest BCUT2D eigenvalue weighted by atomic mass is 10.3. The van der Waals surface area contributed by atoms with Crippen LogP contribution in [0.4, 0.5) is 9.88 Å². The zero-order valence-electron chi connectivity index (χ0n) is 7.24. The lowest BCUT2D eigenvalue weighted by molar-refractivity contribution is 0.308. The molecule has 72 valence electrons. The fourth-order valence-electron chi connectivity index (χ4n) is 0.865. The molecule has 0 saturated carbocycles. The zero-order chi connectivity index (χ0) is 9.73. The highest BCUT2D eigenvalue weighted by Crippen LogP contribution is 2.47. The van der Waals surface area contributed by atoms with Crippen LogP contribution < -0.4 is 5.09 Å². The number of benzene rings is 1. The average molecular weight is 203 g/mol. The van der Waals surface area contributed by atoms with Crippen molar-refractivity contribution in [3.8, 4) is 0 Å². The van der Waals surface area contributed by atoms with Gasteiger partial charge in [0.15, 0.2) is 0 Å². The Bertz CT molecular complexity index is 304. The molecule has 0 spiro atoms. The molecule has 0 aliphatic carbocycles. The Morgan fingerprint density at radius 1 is 1.46 bits per heavy atom. The molecular formula is C8H11FNO2P. The highest BCUT2D eigenvalue weighted by molar-refractivity contribution is 7.55. The SMILES string of the molecule is CCOP(=O)(F)Nc1ccccc1. The van der Waals surface area contributed by atoms with Gasteiger partial charge in [0.2, 0.25) is 0 Å². The van der Waals surface area contributed by atoms with Crippen molar-refractivity contribution in [3.63, 3.8) is 0 Å². The predicted octanol–water partition coefficient (Wildman–Crippen LogP) is 3.21.